The van der Waals surface area contributed by atoms with Gasteiger partial charge in [0.05, 0.1) is 7.11 Å². The van der Waals surface area contributed by atoms with Crippen molar-refractivity contribution in [3.63, 3.8) is 0 Å². The molecule has 5 nitrogen and oxygen atoms in total. The van der Waals surface area contributed by atoms with Crippen molar-refractivity contribution >= 4 is 5.91 Å². The van der Waals surface area contributed by atoms with E-state index >= 15 is 0 Å². The second-order valence-electron chi connectivity index (χ2n) is 5.74. The number of carbonyl (C=O) groups is 1. The first-order valence-electron chi connectivity index (χ1n) is 7.49. The summed E-state index contributed by atoms with van der Waals surface area (Å²) >= 11 is 0. The summed E-state index contributed by atoms with van der Waals surface area (Å²) in [7, 11) is 1.69. The van der Waals surface area contributed by atoms with Crippen molar-refractivity contribution in [2.75, 3.05) is 20.2 Å². The number of piperidine rings is 1. The van der Waals surface area contributed by atoms with Gasteiger partial charge in [0.15, 0.2) is 0 Å². The molecule has 0 bridgehead atoms. The highest BCUT2D eigenvalue weighted by Gasteiger charge is 2.21. The van der Waals surface area contributed by atoms with E-state index in [2.05, 4.69) is 11.0 Å². The SMILES string of the molecule is COc1ccc(CN)cc1CN1CCC(CC(N)=O)CC1. The zero-order valence-corrected chi connectivity index (χ0v) is 12.7. The lowest BCUT2D eigenvalue weighted by atomic mass is 9.93. The first kappa shape index (κ1) is 15.8. The van der Waals surface area contributed by atoms with Crippen LogP contribution >= 0.6 is 0 Å². The predicted molar refractivity (Wildman–Crippen MR) is 82.7 cm³/mol. The molecular weight excluding hydrogens is 266 g/mol. The van der Waals surface area contributed by atoms with Gasteiger partial charge in [0.25, 0.3) is 0 Å². The molecule has 2 rings (SSSR count). The number of carbonyl (C=O) groups excluding carboxylic acids is 1. The van der Waals surface area contributed by atoms with E-state index in [0.717, 1.165) is 43.8 Å². The Morgan fingerprint density at radius 2 is 2.10 bits per heavy atom. The molecule has 4 N–H and O–H groups in total. The topological polar surface area (TPSA) is 81.6 Å². The molecule has 1 saturated heterocycles. The quantitative estimate of drug-likeness (QED) is 0.826. The molecule has 1 aliphatic rings. The lowest BCUT2D eigenvalue weighted by molar-refractivity contribution is -0.119. The number of nitrogens with zero attached hydrogens (tertiary/aromatic N) is 1. The number of amides is 1. The number of hydrogen-bond acceptors (Lipinski definition) is 4. The predicted octanol–water partition coefficient (Wildman–Crippen LogP) is 1.24. The van der Waals surface area contributed by atoms with E-state index in [0.29, 0.717) is 18.9 Å². The minimum Gasteiger partial charge on any atom is -0.496 e. The summed E-state index contributed by atoms with van der Waals surface area (Å²) in [5.41, 5.74) is 13.3. The monoisotopic (exact) mass is 291 g/mol. The van der Waals surface area contributed by atoms with Gasteiger partial charge in [-0.25, -0.2) is 0 Å². The first-order chi connectivity index (χ1) is 10.1. The van der Waals surface area contributed by atoms with Crippen LogP contribution in [-0.4, -0.2) is 31.0 Å². The average Bonchev–Trinajstić information content (AvgIpc) is 2.48. The van der Waals surface area contributed by atoms with Crippen molar-refractivity contribution in [3.05, 3.63) is 29.3 Å². The summed E-state index contributed by atoms with van der Waals surface area (Å²) < 4.78 is 5.43. The Labute approximate surface area is 126 Å². The maximum atomic E-state index is 11.0. The number of nitrogens with two attached hydrogens (primary N) is 2. The summed E-state index contributed by atoms with van der Waals surface area (Å²) in [5, 5.41) is 0. The molecular formula is C16H25N3O2. The molecule has 1 aliphatic heterocycles. The lowest BCUT2D eigenvalue weighted by Gasteiger charge is -2.31. The van der Waals surface area contributed by atoms with Crippen LogP contribution in [0.25, 0.3) is 0 Å². The van der Waals surface area contributed by atoms with Crippen molar-refractivity contribution < 1.29 is 9.53 Å². The van der Waals surface area contributed by atoms with Crippen LogP contribution in [-0.2, 0) is 17.9 Å². The second kappa shape index (κ2) is 7.43. The van der Waals surface area contributed by atoms with Gasteiger partial charge in [0.1, 0.15) is 5.75 Å². The van der Waals surface area contributed by atoms with Crippen LogP contribution in [0.3, 0.4) is 0 Å². The third-order valence-corrected chi connectivity index (χ3v) is 4.17. The highest BCUT2D eigenvalue weighted by Crippen LogP contribution is 2.25. The second-order valence-corrected chi connectivity index (χ2v) is 5.74. The minimum atomic E-state index is -0.189. The molecule has 116 valence electrons. The van der Waals surface area contributed by atoms with Gasteiger partial charge >= 0.3 is 0 Å². The molecule has 1 aromatic carbocycles. The van der Waals surface area contributed by atoms with Gasteiger partial charge in [-0.2, -0.15) is 0 Å². The van der Waals surface area contributed by atoms with Gasteiger partial charge in [0, 0.05) is 25.1 Å². The standard InChI is InChI=1S/C16H25N3O2/c1-21-15-3-2-13(10-17)8-14(15)11-19-6-4-12(5-7-19)9-16(18)20/h2-3,8,12H,4-7,9-11,17H2,1H3,(H2,18,20). The fourth-order valence-electron chi connectivity index (χ4n) is 2.96. The largest absolute Gasteiger partial charge is 0.496 e. The summed E-state index contributed by atoms with van der Waals surface area (Å²) in [6, 6.07) is 6.10. The molecule has 0 radical (unpaired) electrons. The number of benzene rings is 1. The Balaban J connectivity index is 1.95. The van der Waals surface area contributed by atoms with E-state index in [4.69, 9.17) is 16.2 Å². The number of rotatable bonds is 6. The van der Waals surface area contributed by atoms with E-state index in [1.807, 2.05) is 12.1 Å². The van der Waals surface area contributed by atoms with Crippen LogP contribution in [0.2, 0.25) is 0 Å². The normalized spacial score (nSPS) is 16.9. The Bertz CT molecular complexity index is 482. The van der Waals surface area contributed by atoms with Gasteiger partial charge in [0.2, 0.25) is 5.91 Å². The molecule has 0 spiro atoms. The van der Waals surface area contributed by atoms with Gasteiger partial charge < -0.3 is 16.2 Å². The minimum absolute atomic E-state index is 0.189. The molecule has 0 aromatic heterocycles. The zero-order valence-electron chi connectivity index (χ0n) is 12.7. The molecule has 1 heterocycles. The van der Waals surface area contributed by atoms with E-state index in [1.54, 1.807) is 7.11 Å². The number of ether oxygens (including phenoxy) is 1. The number of primary amides is 1. The molecule has 1 aromatic rings. The molecule has 0 saturated carbocycles. The van der Waals surface area contributed by atoms with Gasteiger partial charge in [-0.3, -0.25) is 9.69 Å². The third-order valence-electron chi connectivity index (χ3n) is 4.17. The highest BCUT2D eigenvalue weighted by molar-refractivity contribution is 5.73. The summed E-state index contributed by atoms with van der Waals surface area (Å²) in [4.78, 5) is 13.4. The molecule has 21 heavy (non-hydrogen) atoms. The van der Waals surface area contributed by atoms with Crippen molar-refractivity contribution in [2.45, 2.75) is 32.4 Å². The Kier molecular flexibility index (Phi) is 5.59. The van der Waals surface area contributed by atoms with Crippen molar-refractivity contribution in [1.82, 2.24) is 4.90 Å². The molecule has 1 fully saturated rings. The third kappa shape index (κ3) is 4.44. The lowest BCUT2D eigenvalue weighted by Crippen LogP contribution is -2.34. The van der Waals surface area contributed by atoms with Crippen molar-refractivity contribution in [2.24, 2.45) is 17.4 Å². The average molecular weight is 291 g/mol. The van der Waals surface area contributed by atoms with Crippen LogP contribution in [0.15, 0.2) is 18.2 Å². The number of hydrogen-bond donors (Lipinski definition) is 2. The number of methoxy groups -OCH3 is 1. The van der Waals surface area contributed by atoms with Gasteiger partial charge in [-0.15, -0.1) is 0 Å². The maximum absolute atomic E-state index is 11.0. The Morgan fingerprint density at radius 3 is 2.67 bits per heavy atom. The Hall–Kier alpha value is -1.59. The van der Waals surface area contributed by atoms with E-state index < -0.39 is 0 Å². The van der Waals surface area contributed by atoms with Crippen molar-refractivity contribution in [1.29, 1.82) is 0 Å². The highest BCUT2D eigenvalue weighted by atomic mass is 16.5. The number of likely N-dealkylation sites (tertiary alicyclic amines) is 1. The molecule has 0 atom stereocenters. The fraction of sp³-hybridized carbons (Fsp3) is 0.562. The maximum Gasteiger partial charge on any atom is 0.217 e. The van der Waals surface area contributed by atoms with Crippen LogP contribution in [0.4, 0.5) is 0 Å². The zero-order chi connectivity index (χ0) is 15.2. The smallest absolute Gasteiger partial charge is 0.217 e. The molecule has 0 unspecified atom stereocenters. The first-order valence-corrected chi connectivity index (χ1v) is 7.49. The van der Waals surface area contributed by atoms with E-state index in [1.165, 1.54) is 5.56 Å². The molecule has 1 amide bonds. The molecule has 0 aliphatic carbocycles. The van der Waals surface area contributed by atoms with Gasteiger partial charge in [-0.05, 0) is 49.5 Å². The van der Waals surface area contributed by atoms with Gasteiger partial charge in [-0.1, -0.05) is 6.07 Å². The summed E-state index contributed by atoms with van der Waals surface area (Å²) in [6.07, 6.45) is 2.57. The summed E-state index contributed by atoms with van der Waals surface area (Å²) in [6.45, 7) is 3.39. The van der Waals surface area contributed by atoms with E-state index in [-0.39, 0.29) is 5.91 Å². The van der Waals surface area contributed by atoms with Crippen LogP contribution in [0.1, 0.15) is 30.4 Å². The van der Waals surface area contributed by atoms with Crippen molar-refractivity contribution in [3.8, 4) is 5.75 Å². The summed E-state index contributed by atoms with van der Waals surface area (Å²) in [5.74, 6) is 1.16. The van der Waals surface area contributed by atoms with Crippen LogP contribution < -0.4 is 16.2 Å². The van der Waals surface area contributed by atoms with E-state index in [9.17, 15) is 4.79 Å². The Morgan fingerprint density at radius 1 is 1.38 bits per heavy atom. The van der Waals surface area contributed by atoms with Crippen LogP contribution in [0.5, 0.6) is 5.75 Å². The fourth-order valence-corrected chi connectivity index (χ4v) is 2.96. The molecule has 5 heteroatoms. The van der Waals surface area contributed by atoms with Crippen LogP contribution in [0, 0.1) is 5.92 Å².